The Bertz CT molecular complexity index is 807. The molecule has 0 aromatic heterocycles. The maximum Gasteiger partial charge on any atom is 0.344 e. The van der Waals surface area contributed by atoms with E-state index in [1.165, 1.54) is 24.3 Å². The van der Waals surface area contributed by atoms with Gasteiger partial charge in [0, 0.05) is 22.2 Å². The molecule has 3 rings (SSSR count). The summed E-state index contributed by atoms with van der Waals surface area (Å²) in [5.41, 5.74) is 0.676. The minimum Gasteiger partial charge on any atom is -0.482 e. The highest BCUT2D eigenvalue weighted by molar-refractivity contribution is 9.10. The second-order valence-corrected chi connectivity index (χ2v) is 5.85. The number of fused-ring (bicyclic) bond motifs is 1. The Balaban J connectivity index is 1.51. The molecule has 0 atom stereocenters. The number of rotatable bonds is 6. The fraction of sp³-hybridized carbons (Fsp3) is 0.188. The molecule has 130 valence electrons. The fourth-order valence-electron chi connectivity index (χ4n) is 2.08. The third-order valence-corrected chi connectivity index (χ3v) is 4.07. The molecule has 0 saturated carbocycles. The summed E-state index contributed by atoms with van der Waals surface area (Å²) in [5, 5.41) is 10.6. The van der Waals surface area contributed by atoms with Crippen molar-refractivity contribution < 1.29 is 28.7 Å². The number of non-ortho nitro benzene ring substituents is 1. The Hall–Kier alpha value is -2.81. The van der Waals surface area contributed by atoms with Gasteiger partial charge in [0.2, 0.25) is 6.79 Å². The van der Waals surface area contributed by atoms with Crippen molar-refractivity contribution in [3.8, 4) is 17.2 Å². The molecule has 2 aromatic rings. The third-order valence-electron chi connectivity index (χ3n) is 3.33. The lowest BCUT2D eigenvalue weighted by Gasteiger charge is -2.09. The van der Waals surface area contributed by atoms with E-state index in [0.717, 1.165) is 10.0 Å². The van der Waals surface area contributed by atoms with Crippen LogP contribution in [0.4, 0.5) is 5.69 Å². The van der Waals surface area contributed by atoms with Crippen molar-refractivity contribution in [2.45, 2.75) is 6.61 Å². The van der Waals surface area contributed by atoms with Crippen LogP contribution in [0.1, 0.15) is 5.56 Å². The van der Waals surface area contributed by atoms with E-state index in [9.17, 15) is 14.9 Å². The minimum atomic E-state index is -0.567. The summed E-state index contributed by atoms with van der Waals surface area (Å²) in [6.07, 6.45) is 0. The van der Waals surface area contributed by atoms with Crippen LogP contribution in [-0.2, 0) is 16.1 Å². The molecule has 0 bridgehead atoms. The molecule has 0 amide bonds. The number of hydrogen-bond acceptors (Lipinski definition) is 7. The topological polar surface area (TPSA) is 97.1 Å². The van der Waals surface area contributed by atoms with E-state index in [-0.39, 0.29) is 25.7 Å². The summed E-state index contributed by atoms with van der Waals surface area (Å²) in [7, 11) is 0. The Morgan fingerprint density at radius 2 is 1.88 bits per heavy atom. The van der Waals surface area contributed by atoms with E-state index in [1.807, 2.05) is 0 Å². The number of ether oxygens (including phenoxy) is 4. The highest BCUT2D eigenvalue weighted by Gasteiger charge is 2.17. The van der Waals surface area contributed by atoms with Crippen molar-refractivity contribution in [2.75, 3.05) is 13.4 Å². The standard InChI is InChI=1S/C16H12BrNO7/c17-13-6-15-14(24-9-25-15)5-10(13)7-23-16(19)8-22-12-3-1-11(2-4-12)18(20)21/h1-6H,7-9H2. The lowest BCUT2D eigenvalue weighted by atomic mass is 10.2. The van der Waals surface area contributed by atoms with E-state index >= 15 is 0 Å². The fourth-order valence-corrected chi connectivity index (χ4v) is 2.51. The van der Waals surface area contributed by atoms with Crippen molar-refractivity contribution in [1.82, 2.24) is 0 Å². The van der Waals surface area contributed by atoms with Gasteiger partial charge in [-0.15, -0.1) is 0 Å². The SMILES string of the molecule is O=C(COc1ccc([N+](=O)[O-])cc1)OCc1cc2c(cc1Br)OCO2. The molecule has 0 radical (unpaired) electrons. The van der Waals surface area contributed by atoms with Crippen molar-refractivity contribution >= 4 is 27.6 Å². The number of esters is 1. The first kappa shape index (κ1) is 17.0. The maximum atomic E-state index is 11.8. The normalized spacial score (nSPS) is 11.9. The van der Waals surface area contributed by atoms with Gasteiger partial charge >= 0.3 is 5.97 Å². The second-order valence-electron chi connectivity index (χ2n) is 5.00. The van der Waals surface area contributed by atoms with E-state index in [4.69, 9.17) is 18.9 Å². The average molecular weight is 410 g/mol. The molecule has 0 spiro atoms. The quantitative estimate of drug-likeness (QED) is 0.410. The van der Waals surface area contributed by atoms with Crippen molar-refractivity contribution in [3.05, 3.63) is 56.5 Å². The zero-order chi connectivity index (χ0) is 17.8. The van der Waals surface area contributed by atoms with Crippen molar-refractivity contribution in [2.24, 2.45) is 0 Å². The molecule has 2 aromatic carbocycles. The van der Waals surface area contributed by atoms with Gasteiger partial charge in [-0.3, -0.25) is 10.1 Å². The summed E-state index contributed by atoms with van der Waals surface area (Å²) in [6.45, 7) is -0.103. The van der Waals surface area contributed by atoms with Crippen molar-refractivity contribution in [1.29, 1.82) is 0 Å². The van der Waals surface area contributed by atoms with Crippen LogP contribution in [0.5, 0.6) is 17.2 Å². The van der Waals surface area contributed by atoms with Crippen LogP contribution in [-0.4, -0.2) is 24.3 Å². The zero-order valence-corrected chi connectivity index (χ0v) is 14.4. The predicted molar refractivity (Wildman–Crippen MR) is 88.7 cm³/mol. The van der Waals surface area contributed by atoms with E-state index in [1.54, 1.807) is 12.1 Å². The zero-order valence-electron chi connectivity index (χ0n) is 12.8. The number of nitro groups is 1. The molecule has 1 aliphatic rings. The van der Waals surface area contributed by atoms with Crippen LogP contribution in [0.25, 0.3) is 0 Å². The molecule has 9 heteroatoms. The Morgan fingerprint density at radius 3 is 2.56 bits per heavy atom. The third kappa shape index (κ3) is 4.18. The van der Waals surface area contributed by atoms with E-state index < -0.39 is 10.9 Å². The Morgan fingerprint density at radius 1 is 1.20 bits per heavy atom. The maximum absolute atomic E-state index is 11.8. The number of hydrogen-bond donors (Lipinski definition) is 0. The van der Waals surface area contributed by atoms with Gasteiger partial charge in [-0.05, 0) is 24.3 Å². The largest absolute Gasteiger partial charge is 0.482 e. The number of carbonyl (C=O) groups is 1. The number of halogens is 1. The molecular formula is C16H12BrNO7. The number of nitrogens with zero attached hydrogens (tertiary/aromatic N) is 1. The van der Waals surface area contributed by atoms with E-state index in [0.29, 0.717) is 17.2 Å². The first-order chi connectivity index (χ1) is 12.0. The minimum absolute atomic E-state index is 0.0413. The number of benzene rings is 2. The van der Waals surface area contributed by atoms with Gasteiger partial charge < -0.3 is 18.9 Å². The van der Waals surface area contributed by atoms with Gasteiger partial charge in [0.05, 0.1) is 4.92 Å². The van der Waals surface area contributed by atoms with Gasteiger partial charge in [-0.25, -0.2) is 4.79 Å². The molecule has 0 unspecified atom stereocenters. The summed E-state index contributed by atoms with van der Waals surface area (Å²) < 4.78 is 21.7. The molecule has 1 aliphatic heterocycles. The van der Waals surface area contributed by atoms with Crippen LogP contribution >= 0.6 is 15.9 Å². The lowest BCUT2D eigenvalue weighted by Crippen LogP contribution is -2.14. The molecule has 0 fully saturated rings. The number of carbonyl (C=O) groups excluding carboxylic acids is 1. The predicted octanol–water partition coefficient (Wildman–Crippen LogP) is 3.21. The average Bonchev–Trinajstić information content (AvgIpc) is 3.05. The highest BCUT2D eigenvalue weighted by Crippen LogP contribution is 2.37. The van der Waals surface area contributed by atoms with Gasteiger partial charge in [0.1, 0.15) is 12.4 Å². The molecule has 25 heavy (non-hydrogen) atoms. The second kappa shape index (κ2) is 7.39. The lowest BCUT2D eigenvalue weighted by molar-refractivity contribution is -0.384. The molecular weight excluding hydrogens is 398 g/mol. The van der Waals surface area contributed by atoms with Gasteiger partial charge in [0.15, 0.2) is 18.1 Å². The van der Waals surface area contributed by atoms with Crippen LogP contribution < -0.4 is 14.2 Å². The van der Waals surface area contributed by atoms with Crippen LogP contribution in [0.3, 0.4) is 0 Å². The highest BCUT2D eigenvalue weighted by atomic mass is 79.9. The molecule has 0 saturated heterocycles. The molecule has 1 heterocycles. The first-order valence-corrected chi connectivity index (χ1v) is 7.93. The molecule has 0 aliphatic carbocycles. The smallest absolute Gasteiger partial charge is 0.344 e. The molecule has 0 N–H and O–H groups in total. The van der Waals surface area contributed by atoms with Crippen molar-refractivity contribution in [3.63, 3.8) is 0 Å². The summed E-state index contributed by atoms with van der Waals surface area (Å²) in [4.78, 5) is 21.8. The monoisotopic (exact) mass is 409 g/mol. The van der Waals surface area contributed by atoms with Gasteiger partial charge in [0.25, 0.3) is 5.69 Å². The Kier molecular flexibility index (Phi) is 5.03. The summed E-state index contributed by atoms with van der Waals surface area (Å²) in [5.74, 6) is 0.995. The van der Waals surface area contributed by atoms with Crippen LogP contribution in [0, 0.1) is 10.1 Å². The molecule has 8 nitrogen and oxygen atoms in total. The van der Waals surface area contributed by atoms with Gasteiger partial charge in [-0.2, -0.15) is 0 Å². The first-order valence-electron chi connectivity index (χ1n) is 7.14. The van der Waals surface area contributed by atoms with E-state index in [2.05, 4.69) is 15.9 Å². The number of nitro benzene ring substituents is 1. The summed E-state index contributed by atoms with van der Waals surface area (Å²) >= 11 is 3.38. The Labute approximate surface area is 150 Å². The van der Waals surface area contributed by atoms with Gasteiger partial charge in [-0.1, -0.05) is 15.9 Å². The van der Waals surface area contributed by atoms with Crippen LogP contribution in [0.2, 0.25) is 0 Å². The summed E-state index contributed by atoms with van der Waals surface area (Å²) in [6, 6.07) is 8.91. The van der Waals surface area contributed by atoms with Crippen LogP contribution in [0.15, 0.2) is 40.9 Å².